The van der Waals surface area contributed by atoms with Gasteiger partial charge in [0.1, 0.15) is 0 Å². The molecule has 0 aromatic heterocycles. The molecule has 4 rings (SSSR count). The van der Waals surface area contributed by atoms with E-state index in [1.165, 1.54) is 4.90 Å². The number of hydroxylamine groups is 1. The van der Waals surface area contributed by atoms with Crippen LogP contribution in [0.15, 0.2) is 30.3 Å². The first-order chi connectivity index (χ1) is 16.0. The van der Waals surface area contributed by atoms with Crippen molar-refractivity contribution in [3.63, 3.8) is 0 Å². The molecule has 0 radical (unpaired) electrons. The minimum Gasteiger partial charge on any atom is -0.465 e. The average Bonchev–Trinajstić information content (AvgIpc) is 2.88. The van der Waals surface area contributed by atoms with Gasteiger partial charge in [0.05, 0.1) is 25.2 Å². The van der Waals surface area contributed by atoms with Crippen LogP contribution >= 0.6 is 0 Å². The van der Waals surface area contributed by atoms with Crippen LogP contribution < -0.4 is 10.4 Å². The first kappa shape index (κ1) is 23.3. The van der Waals surface area contributed by atoms with E-state index >= 15 is 0 Å². The molecule has 10 nitrogen and oxygen atoms in total. The van der Waals surface area contributed by atoms with Gasteiger partial charge in [0, 0.05) is 44.3 Å². The SMILES string of the molecule is O=C(NO)C1C[C@@H]([C@H]2COCCN2C(=O)O)CC[C@@H]1C(=O)N1CCN(c2ccccc2)CC1. The summed E-state index contributed by atoms with van der Waals surface area (Å²) < 4.78 is 5.52. The lowest BCUT2D eigenvalue weighted by atomic mass is 9.70. The van der Waals surface area contributed by atoms with Gasteiger partial charge in [0.2, 0.25) is 11.8 Å². The Hall–Kier alpha value is -2.85. The van der Waals surface area contributed by atoms with E-state index in [2.05, 4.69) is 17.0 Å². The van der Waals surface area contributed by atoms with Gasteiger partial charge < -0.3 is 24.5 Å². The van der Waals surface area contributed by atoms with Gasteiger partial charge in [-0.3, -0.25) is 14.8 Å². The summed E-state index contributed by atoms with van der Waals surface area (Å²) in [5.41, 5.74) is 2.85. The molecule has 0 bridgehead atoms. The summed E-state index contributed by atoms with van der Waals surface area (Å²) in [5.74, 6) is -1.99. The number of carbonyl (C=O) groups is 3. The monoisotopic (exact) mass is 460 g/mol. The third-order valence-electron chi connectivity index (χ3n) is 7.32. The minimum atomic E-state index is -0.999. The van der Waals surface area contributed by atoms with E-state index in [4.69, 9.17) is 4.74 Å². The molecule has 1 unspecified atom stereocenters. The molecule has 3 aliphatic rings. The van der Waals surface area contributed by atoms with Crippen molar-refractivity contribution in [3.8, 4) is 0 Å². The Morgan fingerprint density at radius 3 is 2.36 bits per heavy atom. The van der Waals surface area contributed by atoms with Crippen molar-refractivity contribution >= 4 is 23.6 Å². The highest BCUT2D eigenvalue weighted by Crippen LogP contribution is 2.39. The summed E-state index contributed by atoms with van der Waals surface area (Å²) in [6, 6.07) is 9.71. The van der Waals surface area contributed by atoms with E-state index in [1.807, 2.05) is 23.1 Å². The van der Waals surface area contributed by atoms with Gasteiger partial charge in [-0.05, 0) is 37.3 Å². The first-order valence-corrected chi connectivity index (χ1v) is 11.6. The fourth-order valence-electron chi connectivity index (χ4n) is 5.53. The standard InChI is InChI=1S/C23H32N4O6/c28-21(24-32)19-14-16(20-15-33-13-12-27(20)23(30)31)6-7-18(19)22(29)26-10-8-25(9-11-26)17-4-2-1-3-5-17/h1-5,16,18-20,32H,6-15H2,(H,24,28)(H,30,31)/t16-,18-,19?,20+/m0/s1. The summed E-state index contributed by atoms with van der Waals surface area (Å²) in [7, 11) is 0. The summed E-state index contributed by atoms with van der Waals surface area (Å²) >= 11 is 0. The molecule has 2 saturated heterocycles. The topological polar surface area (TPSA) is 123 Å². The molecular weight excluding hydrogens is 428 g/mol. The number of anilines is 1. The number of nitrogens with zero attached hydrogens (tertiary/aromatic N) is 3. The zero-order chi connectivity index (χ0) is 23.4. The predicted octanol–water partition coefficient (Wildman–Crippen LogP) is 1.25. The number of benzene rings is 1. The van der Waals surface area contributed by atoms with Crippen molar-refractivity contribution in [1.29, 1.82) is 0 Å². The molecule has 10 heteroatoms. The smallest absolute Gasteiger partial charge is 0.407 e. The lowest BCUT2D eigenvalue weighted by Crippen LogP contribution is -2.56. The third kappa shape index (κ3) is 5.06. The Balaban J connectivity index is 1.41. The van der Waals surface area contributed by atoms with Crippen LogP contribution in [0.5, 0.6) is 0 Å². The number of morpholine rings is 1. The Morgan fingerprint density at radius 1 is 0.970 bits per heavy atom. The molecule has 1 aromatic rings. The molecule has 3 fully saturated rings. The highest BCUT2D eigenvalue weighted by molar-refractivity contribution is 5.87. The van der Waals surface area contributed by atoms with Gasteiger partial charge in [-0.1, -0.05) is 18.2 Å². The van der Waals surface area contributed by atoms with Crippen LogP contribution in [0, 0.1) is 17.8 Å². The number of hydrogen-bond donors (Lipinski definition) is 3. The van der Waals surface area contributed by atoms with Crippen LogP contribution in [0.25, 0.3) is 0 Å². The van der Waals surface area contributed by atoms with Gasteiger partial charge in [-0.15, -0.1) is 0 Å². The maximum atomic E-state index is 13.4. The normalized spacial score (nSPS) is 28.3. The quantitative estimate of drug-likeness (QED) is 0.457. The Labute approximate surface area is 193 Å². The van der Waals surface area contributed by atoms with Crippen molar-refractivity contribution in [2.24, 2.45) is 17.8 Å². The Morgan fingerprint density at radius 2 is 1.70 bits per heavy atom. The van der Waals surface area contributed by atoms with E-state index < -0.39 is 23.8 Å². The maximum Gasteiger partial charge on any atom is 0.407 e. The van der Waals surface area contributed by atoms with Crippen LogP contribution in [0.4, 0.5) is 10.5 Å². The van der Waals surface area contributed by atoms with Crippen molar-refractivity contribution in [2.75, 3.05) is 50.8 Å². The molecule has 4 atom stereocenters. The number of piperazine rings is 1. The molecule has 3 amide bonds. The number of nitrogens with one attached hydrogen (secondary N) is 1. The molecular formula is C23H32N4O6. The zero-order valence-electron chi connectivity index (χ0n) is 18.6. The number of carbonyl (C=O) groups excluding carboxylic acids is 2. The highest BCUT2D eigenvalue weighted by atomic mass is 16.5. The van der Waals surface area contributed by atoms with Crippen molar-refractivity contribution in [3.05, 3.63) is 30.3 Å². The number of amides is 3. The molecule has 1 saturated carbocycles. The molecule has 2 aliphatic heterocycles. The van der Waals surface area contributed by atoms with E-state index in [0.29, 0.717) is 45.5 Å². The molecule has 0 spiro atoms. The molecule has 2 heterocycles. The first-order valence-electron chi connectivity index (χ1n) is 11.6. The number of rotatable bonds is 4. The number of hydrogen-bond acceptors (Lipinski definition) is 6. The minimum absolute atomic E-state index is 0.0650. The summed E-state index contributed by atoms with van der Waals surface area (Å²) in [6.45, 7) is 3.51. The zero-order valence-corrected chi connectivity index (χ0v) is 18.6. The molecule has 180 valence electrons. The Bertz CT molecular complexity index is 845. The molecule has 3 N–H and O–H groups in total. The molecule has 33 heavy (non-hydrogen) atoms. The lowest BCUT2D eigenvalue weighted by Gasteiger charge is -2.44. The number of ether oxygens (including phenoxy) is 1. The second kappa shape index (κ2) is 10.4. The summed E-state index contributed by atoms with van der Waals surface area (Å²) in [5, 5.41) is 18.9. The summed E-state index contributed by atoms with van der Waals surface area (Å²) in [4.78, 5) is 43.1. The summed E-state index contributed by atoms with van der Waals surface area (Å²) in [6.07, 6.45) is 0.448. The van der Waals surface area contributed by atoms with Crippen LogP contribution in [0.3, 0.4) is 0 Å². The largest absolute Gasteiger partial charge is 0.465 e. The van der Waals surface area contributed by atoms with Gasteiger partial charge >= 0.3 is 6.09 Å². The van der Waals surface area contributed by atoms with Crippen LogP contribution in [0.1, 0.15) is 19.3 Å². The van der Waals surface area contributed by atoms with Gasteiger partial charge in [0.25, 0.3) is 0 Å². The van der Waals surface area contributed by atoms with Crippen LogP contribution in [-0.2, 0) is 14.3 Å². The van der Waals surface area contributed by atoms with Gasteiger partial charge in [-0.2, -0.15) is 0 Å². The van der Waals surface area contributed by atoms with Crippen molar-refractivity contribution in [1.82, 2.24) is 15.3 Å². The van der Waals surface area contributed by atoms with Crippen LogP contribution in [0.2, 0.25) is 0 Å². The van der Waals surface area contributed by atoms with E-state index in [9.17, 15) is 24.7 Å². The third-order valence-corrected chi connectivity index (χ3v) is 7.32. The lowest BCUT2D eigenvalue weighted by molar-refractivity contribution is -0.149. The number of carboxylic acid groups (broad SMARTS) is 1. The molecule has 1 aromatic carbocycles. The Kier molecular flexibility index (Phi) is 7.34. The highest BCUT2D eigenvalue weighted by Gasteiger charge is 2.45. The van der Waals surface area contributed by atoms with Crippen LogP contribution in [-0.4, -0.2) is 90.0 Å². The number of para-hydroxylation sites is 1. The second-order valence-electron chi connectivity index (χ2n) is 9.03. The maximum absolute atomic E-state index is 13.4. The predicted molar refractivity (Wildman–Crippen MR) is 119 cm³/mol. The van der Waals surface area contributed by atoms with E-state index in [0.717, 1.165) is 18.8 Å². The van der Waals surface area contributed by atoms with Gasteiger partial charge in [0.15, 0.2) is 0 Å². The van der Waals surface area contributed by atoms with E-state index in [-0.39, 0.29) is 24.5 Å². The molecule has 1 aliphatic carbocycles. The average molecular weight is 461 g/mol. The van der Waals surface area contributed by atoms with E-state index in [1.54, 1.807) is 5.48 Å². The fourth-order valence-corrected chi connectivity index (χ4v) is 5.53. The fraction of sp³-hybridized carbons (Fsp3) is 0.609. The second-order valence-corrected chi connectivity index (χ2v) is 9.03. The van der Waals surface area contributed by atoms with Crippen molar-refractivity contribution in [2.45, 2.75) is 25.3 Å². The van der Waals surface area contributed by atoms with Crippen molar-refractivity contribution < 1.29 is 29.4 Å². The van der Waals surface area contributed by atoms with Gasteiger partial charge in [-0.25, -0.2) is 10.3 Å².